The molecule has 0 aliphatic carbocycles. The van der Waals surface area contributed by atoms with Crippen molar-refractivity contribution in [3.8, 4) is 0 Å². The Morgan fingerprint density at radius 2 is 1.83 bits per heavy atom. The summed E-state index contributed by atoms with van der Waals surface area (Å²) < 4.78 is 26.4. The van der Waals surface area contributed by atoms with Crippen LogP contribution in [0, 0.1) is 6.92 Å². The molecule has 134 valence electrons. The van der Waals surface area contributed by atoms with E-state index in [0.29, 0.717) is 23.3 Å². The number of anilines is 1. The van der Waals surface area contributed by atoms with Gasteiger partial charge < -0.3 is 5.32 Å². The summed E-state index contributed by atoms with van der Waals surface area (Å²) in [6.45, 7) is 7.90. The number of nitrogens with one attached hydrogen (secondary N) is 2. The number of rotatable bonds is 5. The highest BCUT2D eigenvalue weighted by Gasteiger charge is 2.34. The largest absolute Gasteiger partial charge is 0.325 e. The van der Waals surface area contributed by atoms with E-state index in [0.717, 1.165) is 12.8 Å². The Labute approximate surface area is 144 Å². The van der Waals surface area contributed by atoms with Crippen molar-refractivity contribution in [3.05, 3.63) is 23.8 Å². The van der Waals surface area contributed by atoms with Crippen LogP contribution in [0.4, 0.5) is 5.69 Å². The average Bonchev–Trinajstić information content (AvgIpc) is 2.87. The molecule has 0 bridgehead atoms. The van der Waals surface area contributed by atoms with Crippen LogP contribution in [0.2, 0.25) is 0 Å². The van der Waals surface area contributed by atoms with Crippen molar-refractivity contribution < 1.29 is 13.2 Å². The molecule has 0 radical (unpaired) electrons. The maximum atomic E-state index is 12.6. The number of hydrogen-bond donors (Lipinski definition) is 2. The zero-order chi connectivity index (χ0) is 18.1. The molecule has 24 heavy (non-hydrogen) atoms. The Bertz CT molecular complexity index is 708. The third kappa shape index (κ3) is 3.79. The van der Waals surface area contributed by atoms with Crippen LogP contribution in [0.25, 0.3) is 0 Å². The van der Waals surface area contributed by atoms with E-state index < -0.39 is 10.0 Å². The number of amides is 1. The summed E-state index contributed by atoms with van der Waals surface area (Å²) in [6, 6.07) is 5.42. The summed E-state index contributed by atoms with van der Waals surface area (Å²) in [7, 11) is -2.18. The number of hydrogen-bond acceptors (Lipinski definition) is 4. The topological polar surface area (TPSA) is 78.5 Å². The molecule has 3 atom stereocenters. The number of nitrogens with zero attached hydrogens (tertiary/aromatic N) is 1. The maximum Gasteiger partial charge on any atom is 0.241 e. The second kappa shape index (κ2) is 7.21. The lowest BCUT2D eigenvalue weighted by Gasteiger charge is -2.31. The van der Waals surface area contributed by atoms with Crippen molar-refractivity contribution in [2.75, 3.05) is 12.4 Å². The van der Waals surface area contributed by atoms with Gasteiger partial charge in [-0.25, -0.2) is 13.1 Å². The smallest absolute Gasteiger partial charge is 0.241 e. The van der Waals surface area contributed by atoms with Crippen molar-refractivity contribution in [1.82, 2.24) is 9.62 Å². The molecule has 1 saturated heterocycles. The van der Waals surface area contributed by atoms with Gasteiger partial charge in [0, 0.05) is 17.8 Å². The van der Waals surface area contributed by atoms with Crippen LogP contribution in [0.3, 0.4) is 0 Å². The van der Waals surface area contributed by atoms with Crippen LogP contribution in [0.5, 0.6) is 0 Å². The molecule has 0 saturated carbocycles. The molecule has 0 unspecified atom stereocenters. The van der Waals surface area contributed by atoms with E-state index >= 15 is 0 Å². The van der Waals surface area contributed by atoms with Gasteiger partial charge in [-0.3, -0.25) is 9.69 Å². The number of carbonyl (C=O) groups is 1. The average molecular weight is 353 g/mol. The fraction of sp³-hybridized carbons (Fsp3) is 0.588. The summed E-state index contributed by atoms with van der Waals surface area (Å²) in [4.78, 5) is 15.0. The predicted molar refractivity (Wildman–Crippen MR) is 95.5 cm³/mol. The van der Waals surface area contributed by atoms with E-state index in [1.807, 2.05) is 6.92 Å². The quantitative estimate of drug-likeness (QED) is 0.850. The molecular weight excluding hydrogens is 326 g/mol. The summed E-state index contributed by atoms with van der Waals surface area (Å²) in [5.41, 5.74) is 1.13. The minimum absolute atomic E-state index is 0.118. The second-order valence-electron chi connectivity index (χ2n) is 6.58. The van der Waals surface area contributed by atoms with Gasteiger partial charge in [0.25, 0.3) is 0 Å². The van der Waals surface area contributed by atoms with E-state index in [9.17, 15) is 13.2 Å². The van der Waals surface area contributed by atoms with Crippen molar-refractivity contribution in [2.45, 2.75) is 63.6 Å². The van der Waals surface area contributed by atoms with Gasteiger partial charge in [-0.1, -0.05) is 6.07 Å². The Kier molecular flexibility index (Phi) is 5.67. The van der Waals surface area contributed by atoms with Gasteiger partial charge in [-0.2, -0.15) is 0 Å². The number of aryl methyl sites for hydroxylation is 1. The lowest BCUT2D eigenvalue weighted by molar-refractivity contribution is -0.121. The number of benzene rings is 1. The first-order chi connectivity index (χ1) is 11.2. The van der Waals surface area contributed by atoms with Crippen LogP contribution < -0.4 is 10.0 Å². The van der Waals surface area contributed by atoms with Crippen molar-refractivity contribution in [3.63, 3.8) is 0 Å². The van der Waals surface area contributed by atoms with Crippen LogP contribution in [-0.4, -0.2) is 44.4 Å². The van der Waals surface area contributed by atoms with E-state index in [2.05, 4.69) is 28.8 Å². The minimum atomic E-state index is -3.55. The van der Waals surface area contributed by atoms with E-state index in [-0.39, 0.29) is 16.8 Å². The van der Waals surface area contributed by atoms with Crippen LogP contribution in [-0.2, 0) is 14.8 Å². The Morgan fingerprint density at radius 3 is 2.38 bits per heavy atom. The van der Waals surface area contributed by atoms with Crippen molar-refractivity contribution >= 4 is 21.6 Å². The van der Waals surface area contributed by atoms with Crippen molar-refractivity contribution in [2.24, 2.45) is 0 Å². The van der Waals surface area contributed by atoms with Gasteiger partial charge in [-0.05, 0) is 65.3 Å². The van der Waals surface area contributed by atoms with E-state index in [4.69, 9.17) is 0 Å². The first-order valence-electron chi connectivity index (χ1n) is 8.30. The standard InChI is InChI=1S/C17H27N3O3S/c1-11-6-9-15(10-16(11)24(22,23)18-5)19-17(21)14(4)20-12(2)7-8-13(20)3/h6,9-10,12-14,18H,7-8H2,1-5H3,(H,19,21)/t12-,13+,14-/m0/s1. The molecule has 1 amide bonds. The highest BCUT2D eigenvalue weighted by molar-refractivity contribution is 7.89. The predicted octanol–water partition coefficient (Wildman–Crippen LogP) is 2.10. The summed E-state index contributed by atoms with van der Waals surface area (Å²) in [5.74, 6) is -0.118. The molecule has 6 nitrogen and oxygen atoms in total. The van der Waals surface area contributed by atoms with Crippen molar-refractivity contribution in [1.29, 1.82) is 0 Å². The molecule has 1 aliphatic rings. The fourth-order valence-corrected chi connectivity index (χ4v) is 4.43. The van der Waals surface area contributed by atoms with Gasteiger partial charge in [0.15, 0.2) is 0 Å². The van der Waals surface area contributed by atoms with Crippen LogP contribution >= 0.6 is 0 Å². The molecule has 1 aromatic carbocycles. The third-order valence-corrected chi connectivity index (χ3v) is 6.42. The second-order valence-corrected chi connectivity index (χ2v) is 8.43. The molecule has 0 aromatic heterocycles. The monoisotopic (exact) mass is 353 g/mol. The van der Waals surface area contributed by atoms with Crippen LogP contribution in [0.15, 0.2) is 23.1 Å². The first kappa shape index (κ1) is 18.9. The zero-order valence-electron chi connectivity index (χ0n) is 15.0. The Morgan fingerprint density at radius 1 is 1.25 bits per heavy atom. The molecule has 0 spiro atoms. The lowest BCUT2D eigenvalue weighted by Crippen LogP contribution is -2.46. The van der Waals surface area contributed by atoms with Gasteiger partial charge in [0.1, 0.15) is 0 Å². The van der Waals surface area contributed by atoms with Gasteiger partial charge in [0.05, 0.1) is 10.9 Å². The zero-order valence-corrected chi connectivity index (χ0v) is 15.8. The number of sulfonamides is 1. The summed E-state index contributed by atoms with van der Waals surface area (Å²) in [6.07, 6.45) is 2.18. The first-order valence-corrected chi connectivity index (χ1v) is 9.78. The molecule has 7 heteroatoms. The Hall–Kier alpha value is -1.44. The highest BCUT2D eigenvalue weighted by Crippen LogP contribution is 2.27. The number of likely N-dealkylation sites (tertiary alicyclic amines) is 1. The SMILES string of the molecule is CNS(=O)(=O)c1cc(NC(=O)[C@H](C)N2[C@H](C)CC[C@@H]2C)ccc1C. The Balaban J connectivity index is 2.19. The molecule has 2 N–H and O–H groups in total. The molecule has 1 aromatic rings. The van der Waals surface area contributed by atoms with Gasteiger partial charge >= 0.3 is 0 Å². The maximum absolute atomic E-state index is 12.6. The molecular formula is C17H27N3O3S. The summed E-state index contributed by atoms with van der Waals surface area (Å²) >= 11 is 0. The van der Waals surface area contributed by atoms with Gasteiger partial charge in [-0.15, -0.1) is 0 Å². The minimum Gasteiger partial charge on any atom is -0.325 e. The molecule has 2 rings (SSSR count). The van der Waals surface area contributed by atoms with Crippen LogP contribution in [0.1, 0.15) is 39.2 Å². The highest BCUT2D eigenvalue weighted by atomic mass is 32.2. The third-order valence-electron chi connectivity index (χ3n) is 4.86. The molecule has 1 aliphatic heterocycles. The lowest BCUT2D eigenvalue weighted by atomic mass is 10.2. The van der Waals surface area contributed by atoms with Gasteiger partial charge in [0.2, 0.25) is 15.9 Å². The fourth-order valence-electron chi connectivity index (χ4n) is 3.44. The van der Waals surface area contributed by atoms with E-state index in [1.165, 1.54) is 13.1 Å². The number of carbonyl (C=O) groups excluding carboxylic acids is 1. The normalized spacial score (nSPS) is 23.2. The molecule has 1 fully saturated rings. The van der Waals surface area contributed by atoms with E-state index in [1.54, 1.807) is 19.1 Å². The summed E-state index contributed by atoms with van der Waals surface area (Å²) in [5, 5.41) is 2.85. The molecule has 1 heterocycles.